The lowest BCUT2D eigenvalue weighted by Crippen LogP contribution is -2.22. The molecule has 3 aromatic carbocycles. The maximum Gasteiger partial charge on any atom is 0.274 e. The third kappa shape index (κ3) is 3.47. The smallest absolute Gasteiger partial charge is 0.274 e. The highest BCUT2D eigenvalue weighted by molar-refractivity contribution is 7.15. The van der Waals surface area contributed by atoms with E-state index in [1.807, 2.05) is 54.6 Å². The van der Waals surface area contributed by atoms with Crippen molar-refractivity contribution in [3.05, 3.63) is 103 Å². The highest BCUT2D eigenvalue weighted by atomic mass is 35.5. The fourth-order valence-corrected chi connectivity index (χ4v) is 4.64. The number of benzene rings is 3. The molecule has 5 rings (SSSR count). The molecule has 0 radical (unpaired) electrons. The summed E-state index contributed by atoms with van der Waals surface area (Å²) in [4.78, 5) is 18.3. The number of hydrogen-bond donors (Lipinski definition) is 0. The zero-order valence-corrected chi connectivity index (χ0v) is 17.7. The van der Waals surface area contributed by atoms with Crippen molar-refractivity contribution in [1.29, 1.82) is 0 Å². The Morgan fingerprint density at radius 3 is 2.83 bits per heavy atom. The summed E-state index contributed by atoms with van der Waals surface area (Å²) in [7, 11) is 0. The van der Waals surface area contributed by atoms with Gasteiger partial charge in [-0.3, -0.25) is 4.79 Å². The van der Waals surface area contributed by atoms with Crippen LogP contribution in [-0.4, -0.2) is 9.38 Å². The van der Waals surface area contributed by atoms with Crippen molar-refractivity contribution in [3.63, 3.8) is 0 Å². The van der Waals surface area contributed by atoms with Crippen LogP contribution in [0.25, 0.3) is 22.1 Å². The molecule has 0 fully saturated rings. The van der Waals surface area contributed by atoms with Crippen LogP contribution in [0.15, 0.2) is 71.5 Å². The molecule has 2 aromatic heterocycles. The third-order valence-corrected chi connectivity index (χ3v) is 6.08. The summed E-state index contributed by atoms with van der Waals surface area (Å²) in [6.07, 6.45) is 1.83. The summed E-state index contributed by atoms with van der Waals surface area (Å²) < 4.78 is 8.31. The highest BCUT2D eigenvalue weighted by Gasteiger charge is 2.11. The van der Waals surface area contributed by atoms with E-state index in [4.69, 9.17) is 16.3 Å². The number of aryl methyl sites for hydroxylation is 1. The predicted molar refractivity (Wildman–Crippen MR) is 123 cm³/mol. The van der Waals surface area contributed by atoms with E-state index in [0.717, 1.165) is 22.2 Å². The van der Waals surface area contributed by atoms with E-state index in [9.17, 15) is 4.79 Å². The number of imidazole rings is 1. The SMILES string of the molecule is Cc1cccc(COc2ccc(Cl)cc2/C=c2/sc3nc4ccccc4n3c2=O)c1. The second-order valence-electron chi connectivity index (χ2n) is 7.09. The van der Waals surface area contributed by atoms with E-state index < -0.39 is 0 Å². The van der Waals surface area contributed by atoms with Gasteiger partial charge < -0.3 is 4.74 Å². The summed E-state index contributed by atoms with van der Waals surface area (Å²) in [5.41, 5.74) is 4.58. The number of fused-ring (bicyclic) bond motifs is 3. The van der Waals surface area contributed by atoms with Crippen LogP contribution in [0, 0.1) is 6.92 Å². The largest absolute Gasteiger partial charge is 0.488 e. The van der Waals surface area contributed by atoms with Crippen molar-refractivity contribution in [2.24, 2.45) is 0 Å². The Morgan fingerprint density at radius 1 is 1.10 bits per heavy atom. The zero-order chi connectivity index (χ0) is 20.7. The van der Waals surface area contributed by atoms with Crippen LogP contribution in [0.2, 0.25) is 5.02 Å². The van der Waals surface area contributed by atoms with E-state index in [0.29, 0.717) is 26.9 Å². The first-order valence-corrected chi connectivity index (χ1v) is 10.7. The van der Waals surface area contributed by atoms with Gasteiger partial charge in [-0.25, -0.2) is 9.38 Å². The van der Waals surface area contributed by atoms with Gasteiger partial charge in [-0.1, -0.05) is 64.9 Å². The maximum absolute atomic E-state index is 13.0. The number of para-hydroxylation sites is 2. The van der Waals surface area contributed by atoms with Crippen LogP contribution >= 0.6 is 22.9 Å². The molecule has 0 aliphatic rings. The van der Waals surface area contributed by atoms with Crippen LogP contribution in [0.3, 0.4) is 0 Å². The van der Waals surface area contributed by atoms with Crippen LogP contribution < -0.4 is 14.8 Å². The molecule has 30 heavy (non-hydrogen) atoms. The molecular formula is C24H17ClN2O2S. The molecule has 148 valence electrons. The molecule has 0 saturated heterocycles. The van der Waals surface area contributed by atoms with Crippen molar-refractivity contribution >= 4 is 45.0 Å². The lowest BCUT2D eigenvalue weighted by Gasteiger charge is -2.10. The van der Waals surface area contributed by atoms with E-state index in [1.165, 1.54) is 16.9 Å². The van der Waals surface area contributed by atoms with Gasteiger partial charge in [0.2, 0.25) is 0 Å². The van der Waals surface area contributed by atoms with E-state index in [-0.39, 0.29) is 5.56 Å². The Bertz CT molecular complexity index is 1500. The Morgan fingerprint density at radius 2 is 1.97 bits per heavy atom. The molecule has 0 aliphatic carbocycles. The summed E-state index contributed by atoms with van der Waals surface area (Å²) in [5.74, 6) is 0.677. The maximum atomic E-state index is 13.0. The van der Waals surface area contributed by atoms with Crippen LogP contribution in [0.5, 0.6) is 5.75 Å². The van der Waals surface area contributed by atoms with E-state index >= 15 is 0 Å². The van der Waals surface area contributed by atoms with Gasteiger partial charge in [-0.2, -0.15) is 0 Å². The fourth-order valence-electron chi connectivity index (χ4n) is 3.48. The molecule has 0 aliphatic heterocycles. The molecule has 0 bridgehead atoms. The number of aromatic nitrogens is 2. The van der Waals surface area contributed by atoms with Crippen molar-refractivity contribution in [2.75, 3.05) is 0 Å². The number of nitrogens with zero attached hydrogens (tertiary/aromatic N) is 2. The first-order valence-electron chi connectivity index (χ1n) is 9.48. The molecule has 0 saturated carbocycles. The van der Waals surface area contributed by atoms with Gasteiger partial charge in [0.15, 0.2) is 4.96 Å². The first-order chi connectivity index (χ1) is 14.6. The summed E-state index contributed by atoms with van der Waals surface area (Å²) in [6.45, 7) is 2.49. The minimum atomic E-state index is -0.0895. The second-order valence-corrected chi connectivity index (χ2v) is 8.54. The molecule has 2 heterocycles. The van der Waals surface area contributed by atoms with Gasteiger partial charge in [0.1, 0.15) is 12.4 Å². The van der Waals surface area contributed by atoms with Gasteiger partial charge in [-0.15, -0.1) is 0 Å². The van der Waals surface area contributed by atoms with Gasteiger partial charge in [0.05, 0.1) is 15.6 Å². The molecule has 0 atom stereocenters. The molecule has 4 nitrogen and oxygen atoms in total. The van der Waals surface area contributed by atoms with Crippen LogP contribution in [-0.2, 0) is 6.61 Å². The summed E-state index contributed by atoms with van der Waals surface area (Å²) in [6, 6.07) is 21.3. The van der Waals surface area contributed by atoms with Crippen LogP contribution in [0.4, 0.5) is 0 Å². The first kappa shape index (κ1) is 18.9. The number of halogens is 1. The Hall–Kier alpha value is -3.15. The molecule has 5 aromatic rings. The normalized spacial score (nSPS) is 12.1. The van der Waals surface area contributed by atoms with Gasteiger partial charge in [0.25, 0.3) is 5.56 Å². The topological polar surface area (TPSA) is 43.6 Å². The van der Waals surface area contributed by atoms with Gasteiger partial charge >= 0.3 is 0 Å². The van der Waals surface area contributed by atoms with E-state index in [2.05, 4.69) is 24.0 Å². The Labute approximate surface area is 181 Å². The Kier molecular flexibility index (Phi) is 4.77. The minimum Gasteiger partial charge on any atom is -0.488 e. The average Bonchev–Trinajstić information content (AvgIpc) is 3.24. The number of rotatable bonds is 4. The van der Waals surface area contributed by atoms with E-state index in [1.54, 1.807) is 10.5 Å². The number of ether oxygens (including phenoxy) is 1. The third-order valence-electron chi connectivity index (χ3n) is 4.88. The zero-order valence-electron chi connectivity index (χ0n) is 16.1. The van der Waals surface area contributed by atoms with Crippen molar-refractivity contribution in [1.82, 2.24) is 9.38 Å². The van der Waals surface area contributed by atoms with Crippen molar-refractivity contribution in [3.8, 4) is 5.75 Å². The summed E-state index contributed by atoms with van der Waals surface area (Å²) in [5, 5.41) is 0.586. The highest BCUT2D eigenvalue weighted by Crippen LogP contribution is 2.25. The fraction of sp³-hybridized carbons (Fsp3) is 0.0833. The van der Waals surface area contributed by atoms with Gasteiger partial charge in [-0.05, 0) is 48.9 Å². The molecular weight excluding hydrogens is 416 g/mol. The predicted octanol–water partition coefficient (Wildman–Crippen LogP) is 5.00. The second kappa shape index (κ2) is 7.59. The molecule has 0 spiro atoms. The van der Waals surface area contributed by atoms with Gasteiger partial charge in [0, 0.05) is 10.6 Å². The Balaban J connectivity index is 1.57. The lowest BCUT2D eigenvalue weighted by atomic mass is 10.1. The average molecular weight is 433 g/mol. The molecule has 0 unspecified atom stereocenters. The van der Waals surface area contributed by atoms with Crippen molar-refractivity contribution in [2.45, 2.75) is 13.5 Å². The monoisotopic (exact) mass is 432 g/mol. The minimum absolute atomic E-state index is 0.0895. The molecule has 0 amide bonds. The standard InChI is InChI=1S/C24H17ClN2O2S/c1-15-5-4-6-16(11-15)14-29-21-10-9-18(25)12-17(21)13-22-23(28)27-20-8-3-2-7-19(20)26-24(27)30-22/h2-13H,14H2,1H3/b22-13+. The lowest BCUT2D eigenvalue weighted by molar-refractivity contribution is 0.305. The quantitative estimate of drug-likeness (QED) is 0.401. The van der Waals surface area contributed by atoms with Crippen LogP contribution in [0.1, 0.15) is 16.7 Å². The van der Waals surface area contributed by atoms with Crippen molar-refractivity contribution < 1.29 is 4.74 Å². The number of thiazole rings is 1. The summed E-state index contributed by atoms with van der Waals surface area (Å²) >= 11 is 7.59. The molecule has 0 N–H and O–H groups in total. The number of hydrogen-bond acceptors (Lipinski definition) is 4. The molecule has 6 heteroatoms.